The molecule has 148 valence electrons. The minimum atomic E-state index is -0.638. The lowest BCUT2D eigenvalue weighted by Gasteiger charge is -2.30. The van der Waals surface area contributed by atoms with Crippen LogP contribution in [0.2, 0.25) is 0 Å². The first-order valence-corrected chi connectivity index (χ1v) is 9.59. The number of β-amino-alcohol motifs (C(OH)–C–C–N with tert-alkyl or cyclic N) is 1. The first-order chi connectivity index (χ1) is 13.7. The van der Waals surface area contributed by atoms with Gasteiger partial charge in [-0.3, -0.25) is 9.69 Å². The van der Waals surface area contributed by atoms with E-state index in [1.807, 2.05) is 6.07 Å². The highest BCUT2D eigenvalue weighted by atomic mass is 16.5. The van der Waals surface area contributed by atoms with Gasteiger partial charge < -0.3 is 20.5 Å². The second kappa shape index (κ2) is 8.64. The number of ether oxygens (including phenoxy) is 1. The van der Waals surface area contributed by atoms with Gasteiger partial charge in [0, 0.05) is 32.2 Å². The number of fused-ring (bicyclic) bond motifs is 1. The molecule has 1 fully saturated rings. The second-order valence-corrected chi connectivity index (χ2v) is 7.28. The van der Waals surface area contributed by atoms with Gasteiger partial charge in [-0.15, -0.1) is 0 Å². The summed E-state index contributed by atoms with van der Waals surface area (Å²) in [6.45, 7) is 3.71. The molecular formula is C20H25N5O3. The van der Waals surface area contributed by atoms with E-state index in [2.05, 4.69) is 43.7 Å². The van der Waals surface area contributed by atoms with Gasteiger partial charge in [0.2, 0.25) is 0 Å². The predicted molar refractivity (Wildman–Crippen MR) is 104 cm³/mol. The van der Waals surface area contributed by atoms with Gasteiger partial charge in [0.1, 0.15) is 17.8 Å². The highest BCUT2D eigenvalue weighted by Crippen LogP contribution is 2.18. The zero-order valence-electron chi connectivity index (χ0n) is 15.7. The lowest BCUT2D eigenvalue weighted by atomic mass is 10.00. The summed E-state index contributed by atoms with van der Waals surface area (Å²) in [5.74, 6) is 0.277. The molecule has 8 nitrogen and oxygen atoms in total. The van der Waals surface area contributed by atoms with E-state index in [-0.39, 0.29) is 24.2 Å². The number of benzene rings is 1. The van der Waals surface area contributed by atoms with Crippen molar-refractivity contribution in [3.05, 3.63) is 53.5 Å². The minimum Gasteiger partial charge on any atom is -0.390 e. The van der Waals surface area contributed by atoms with Gasteiger partial charge in [-0.2, -0.15) is 0 Å². The maximum absolute atomic E-state index is 12.3. The van der Waals surface area contributed by atoms with Gasteiger partial charge in [0.05, 0.1) is 25.4 Å². The van der Waals surface area contributed by atoms with Crippen molar-refractivity contribution in [1.82, 2.24) is 20.2 Å². The lowest BCUT2D eigenvalue weighted by molar-refractivity contribution is 0.0209. The molecule has 1 unspecified atom stereocenters. The molecule has 0 saturated carbocycles. The molecule has 0 radical (unpaired) electrons. The molecule has 2 aliphatic rings. The summed E-state index contributed by atoms with van der Waals surface area (Å²) in [6.07, 6.45) is 1.71. The molecule has 0 spiro atoms. The molecule has 1 aromatic carbocycles. The number of aromatic nitrogens is 2. The number of aliphatic hydroxyl groups excluding tert-OH is 1. The molecule has 3 heterocycles. The van der Waals surface area contributed by atoms with E-state index in [0.29, 0.717) is 25.6 Å². The standard InChI is InChI=1S/C20H25N5O3/c26-17(10-25-6-5-14-3-1-2-4-15(14)9-25)8-21-20(27)18-7-19(23-13-22-18)24-16-11-28-12-16/h1-4,7,13,16-17,26H,5-6,8-12H2,(H,21,27)(H,22,23,24). The maximum Gasteiger partial charge on any atom is 0.270 e. The van der Waals surface area contributed by atoms with Crippen molar-refractivity contribution >= 4 is 11.7 Å². The van der Waals surface area contributed by atoms with E-state index in [4.69, 9.17) is 4.74 Å². The third-order valence-corrected chi connectivity index (χ3v) is 5.07. The van der Waals surface area contributed by atoms with E-state index >= 15 is 0 Å². The SMILES string of the molecule is O=C(NCC(O)CN1CCc2ccccc2C1)c1cc(NC2COC2)ncn1. The van der Waals surface area contributed by atoms with Crippen LogP contribution in [0, 0.1) is 0 Å². The zero-order valence-corrected chi connectivity index (χ0v) is 15.7. The number of carbonyl (C=O) groups is 1. The van der Waals surface area contributed by atoms with Gasteiger partial charge >= 0.3 is 0 Å². The highest BCUT2D eigenvalue weighted by Gasteiger charge is 2.20. The zero-order chi connectivity index (χ0) is 19.3. The molecule has 1 amide bonds. The van der Waals surface area contributed by atoms with Crippen molar-refractivity contribution < 1.29 is 14.6 Å². The monoisotopic (exact) mass is 383 g/mol. The van der Waals surface area contributed by atoms with Crippen LogP contribution in [0.3, 0.4) is 0 Å². The number of carbonyl (C=O) groups excluding carboxylic acids is 1. The van der Waals surface area contributed by atoms with Crippen LogP contribution in [0.5, 0.6) is 0 Å². The maximum atomic E-state index is 12.3. The van der Waals surface area contributed by atoms with Gasteiger partial charge in [0.15, 0.2) is 0 Å². The molecule has 0 aliphatic carbocycles. The summed E-state index contributed by atoms with van der Waals surface area (Å²) in [4.78, 5) is 22.7. The Morgan fingerprint density at radius 1 is 1.29 bits per heavy atom. The molecule has 2 aromatic rings. The molecule has 28 heavy (non-hydrogen) atoms. The normalized spacial score (nSPS) is 18.0. The Bertz CT molecular complexity index is 827. The second-order valence-electron chi connectivity index (χ2n) is 7.28. The van der Waals surface area contributed by atoms with Crippen LogP contribution in [0.4, 0.5) is 5.82 Å². The lowest BCUT2D eigenvalue weighted by Crippen LogP contribution is -2.42. The molecule has 1 atom stereocenters. The Balaban J connectivity index is 1.25. The van der Waals surface area contributed by atoms with Gasteiger partial charge in [0.25, 0.3) is 5.91 Å². The number of rotatable bonds is 7. The Morgan fingerprint density at radius 2 is 2.11 bits per heavy atom. The highest BCUT2D eigenvalue weighted by molar-refractivity contribution is 5.92. The summed E-state index contributed by atoms with van der Waals surface area (Å²) >= 11 is 0. The number of aliphatic hydroxyl groups is 1. The predicted octanol–water partition coefficient (Wildman–Crippen LogP) is 0.436. The summed E-state index contributed by atoms with van der Waals surface area (Å²) in [7, 11) is 0. The van der Waals surface area contributed by atoms with Crippen LogP contribution in [0.25, 0.3) is 0 Å². The van der Waals surface area contributed by atoms with Gasteiger partial charge in [-0.05, 0) is 17.5 Å². The summed E-state index contributed by atoms with van der Waals surface area (Å²) in [6, 6.07) is 10.2. The minimum absolute atomic E-state index is 0.181. The molecule has 4 rings (SSSR count). The largest absolute Gasteiger partial charge is 0.390 e. The topological polar surface area (TPSA) is 99.6 Å². The molecule has 2 aliphatic heterocycles. The Labute approximate surface area is 163 Å². The molecule has 1 aromatic heterocycles. The van der Waals surface area contributed by atoms with Crippen LogP contribution in [-0.4, -0.2) is 70.9 Å². The third kappa shape index (κ3) is 4.64. The van der Waals surface area contributed by atoms with Gasteiger partial charge in [-0.25, -0.2) is 9.97 Å². The van der Waals surface area contributed by atoms with Gasteiger partial charge in [-0.1, -0.05) is 24.3 Å². The summed E-state index contributed by atoms with van der Waals surface area (Å²) < 4.78 is 5.11. The van der Waals surface area contributed by atoms with Crippen molar-refractivity contribution in [2.24, 2.45) is 0 Å². The summed E-state index contributed by atoms with van der Waals surface area (Å²) in [5, 5.41) is 16.3. The Morgan fingerprint density at radius 3 is 2.89 bits per heavy atom. The third-order valence-electron chi connectivity index (χ3n) is 5.07. The van der Waals surface area contributed by atoms with E-state index in [1.54, 1.807) is 6.07 Å². The van der Waals surface area contributed by atoms with Crippen LogP contribution in [0.1, 0.15) is 21.6 Å². The molecule has 8 heteroatoms. The quantitative estimate of drug-likeness (QED) is 0.638. The fourth-order valence-electron chi connectivity index (χ4n) is 3.46. The number of hydrogen-bond acceptors (Lipinski definition) is 7. The van der Waals surface area contributed by atoms with Crippen molar-refractivity contribution in [1.29, 1.82) is 0 Å². The van der Waals surface area contributed by atoms with E-state index in [1.165, 1.54) is 17.5 Å². The van der Waals surface area contributed by atoms with E-state index in [0.717, 1.165) is 19.5 Å². The van der Waals surface area contributed by atoms with Crippen LogP contribution in [-0.2, 0) is 17.7 Å². The Kier molecular flexibility index (Phi) is 5.80. The van der Waals surface area contributed by atoms with Crippen molar-refractivity contribution in [2.75, 3.05) is 38.2 Å². The van der Waals surface area contributed by atoms with Crippen molar-refractivity contribution in [3.63, 3.8) is 0 Å². The Hall–Kier alpha value is -2.55. The smallest absolute Gasteiger partial charge is 0.270 e. The van der Waals surface area contributed by atoms with E-state index < -0.39 is 6.10 Å². The summed E-state index contributed by atoms with van der Waals surface area (Å²) in [5.41, 5.74) is 2.96. The van der Waals surface area contributed by atoms with Crippen molar-refractivity contribution in [3.8, 4) is 0 Å². The number of nitrogens with zero attached hydrogens (tertiary/aromatic N) is 3. The fraction of sp³-hybridized carbons (Fsp3) is 0.450. The first-order valence-electron chi connectivity index (χ1n) is 9.59. The number of nitrogens with one attached hydrogen (secondary N) is 2. The van der Waals surface area contributed by atoms with Crippen LogP contribution >= 0.6 is 0 Å². The van der Waals surface area contributed by atoms with E-state index in [9.17, 15) is 9.90 Å². The first kappa shape index (κ1) is 18.8. The number of amides is 1. The molecular weight excluding hydrogens is 358 g/mol. The fourth-order valence-corrected chi connectivity index (χ4v) is 3.46. The molecule has 1 saturated heterocycles. The van der Waals surface area contributed by atoms with Crippen LogP contribution < -0.4 is 10.6 Å². The van der Waals surface area contributed by atoms with Crippen LogP contribution in [0.15, 0.2) is 36.7 Å². The number of hydrogen-bond donors (Lipinski definition) is 3. The molecule has 0 bridgehead atoms. The number of anilines is 1. The average Bonchev–Trinajstić information content (AvgIpc) is 2.69. The average molecular weight is 383 g/mol. The van der Waals surface area contributed by atoms with Crippen molar-refractivity contribution in [2.45, 2.75) is 25.1 Å². The molecule has 3 N–H and O–H groups in total.